The summed E-state index contributed by atoms with van der Waals surface area (Å²) in [5, 5.41) is 0. The van der Waals surface area contributed by atoms with Crippen molar-refractivity contribution in [3.8, 4) is 5.75 Å². The summed E-state index contributed by atoms with van der Waals surface area (Å²) >= 11 is 0. The first-order chi connectivity index (χ1) is 10.2. The first kappa shape index (κ1) is 14.4. The van der Waals surface area contributed by atoms with Gasteiger partial charge in [0.05, 0.1) is 5.41 Å². The molecule has 0 spiro atoms. The number of likely N-dealkylation sites (tertiary alicyclic amines) is 1. The number of carbonyl (C=O) groups excluding carboxylic acids is 1. The second kappa shape index (κ2) is 6.06. The molecule has 4 nitrogen and oxygen atoms in total. The Morgan fingerprint density at radius 1 is 1.24 bits per heavy atom. The number of nitrogens with zero attached hydrogens (tertiary/aromatic N) is 1. The van der Waals surface area contributed by atoms with Crippen LogP contribution >= 0.6 is 0 Å². The summed E-state index contributed by atoms with van der Waals surface area (Å²) in [6.45, 7) is 2.07. The van der Waals surface area contributed by atoms with Crippen LogP contribution in [-0.4, -0.2) is 36.5 Å². The lowest BCUT2D eigenvalue weighted by Crippen LogP contribution is -2.54. The summed E-state index contributed by atoms with van der Waals surface area (Å²) in [7, 11) is 0. The second-order valence-electron chi connectivity index (χ2n) is 6.26. The van der Waals surface area contributed by atoms with Crippen molar-refractivity contribution < 1.29 is 9.53 Å². The quantitative estimate of drug-likeness (QED) is 0.924. The Morgan fingerprint density at radius 2 is 1.90 bits per heavy atom. The van der Waals surface area contributed by atoms with E-state index in [1.807, 2.05) is 35.2 Å². The molecule has 1 aliphatic heterocycles. The number of para-hydroxylation sites is 1. The molecular weight excluding hydrogens is 264 g/mol. The van der Waals surface area contributed by atoms with Gasteiger partial charge < -0.3 is 15.4 Å². The van der Waals surface area contributed by atoms with E-state index in [-0.39, 0.29) is 17.4 Å². The van der Waals surface area contributed by atoms with Crippen LogP contribution in [0.3, 0.4) is 0 Å². The normalized spacial score (nSPS) is 21.7. The van der Waals surface area contributed by atoms with Crippen molar-refractivity contribution in [2.24, 2.45) is 11.1 Å². The summed E-state index contributed by atoms with van der Waals surface area (Å²) in [5.41, 5.74) is 5.59. The van der Waals surface area contributed by atoms with Crippen LogP contribution < -0.4 is 10.5 Å². The van der Waals surface area contributed by atoms with Gasteiger partial charge in [-0.15, -0.1) is 0 Å². The van der Waals surface area contributed by atoms with E-state index < -0.39 is 0 Å². The van der Waals surface area contributed by atoms with Gasteiger partial charge in [0, 0.05) is 32.5 Å². The zero-order valence-corrected chi connectivity index (χ0v) is 12.5. The Bertz CT molecular complexity index is 471. The molecule has 4 heteroatoms. The number of amides is 1. The van der Waals surface area contributed by atoms with Crippen LogP contribution in [0.1, 0.15) is 32.1 Å². The predicted molar refractivity (Wildman–Crippen MR) is 82.0 cm³/mol. The number of nitrogens with two attached hydrogens (primary N) is 1. The standard InChI is InChI=1S/C17H24N2O2/c18-13-17(9-4-10-17)16(20)19-11-7-15(8-12-19)21-14-5-2-1-3-6-14/h1-3,5-6,15H,4,7-13,18H2. The largest absolute Gasteiger partial charge is 0.490 e. The maximum Gasteiger partial charge on any atom is 0.230 e. The summed E-state index contributed by atoms with van der Waals surface area (Å²) in [6, 6.07) is 9.91. The first-order valence-electron chi connectivity index (χ1n) is 7.95. The van der Waals surface area contributed by atoms with E-state index in [4.69, 9.17) is 10.5 Å². The monoisotopic (exact) mass is 288 g/mol. The lowest BCUT2D eigenvalue weighted by molar-refractivity contribution is -0.148. The number of rotatable bonds is 4. The Morgan fingerprint density at radius 3 is 2.43 bits per heavy atom. The highest BCUT2D eigenvalue weighted by Gasteiger charge is 2.45. The average molecular weight is 288 g/mol. The van der Waals surface area contributed by atoms with Gasteiger partial charge in [-0.3, -0.25) is 4.79 Å². The average Bonchev–Trinajstić information content (AvgIpc) is 2.48. The summed E-state index contributed by atoms with van der Waals surface area (Å²) in [5.74, 6) is 1.19. The zero-order valence-electron chi connectivity index (χ0n) is 12.5. The minimum atomic E-state index is -0.243. The fraction of sp³-hybridized carbons (Fsp3) is 0.588. The van der Waals surface area contributed by atoms with E-state index in [0.29, 0.717) is 6.54 Å². The van der Waals surface area contributed by atoms with Crippen molar-refractivity contribution in [2.75, 3.05) is 19.6 Å². The zero-order chi connectivity index (χ0) is 14.7. The third-order valence-corrected chi connectivity index (χ3v) is 4.93. The molecule has 1 aromatic rings. The van der Waals surface area contributed by atoms with Gasteiger partial charge in [-0.2, -0.15) is 0 Å². The Balaban J connectivity index is 1.52. The molecule has 2 N–H and O–H groups in total. The maximum atomic E-state index is 12.6. The molecule has 0 radical (unpaired) electrons. The SMILES string of the molecule is NCC1(C(=O)N2CCC(Oc3ccccc3)CC2)CCC1. The van der Waals surface area contributed by atoms with Crippen LogP contribution in [0.15, 0.2) is 30.3 Å². The molecule has 1 amide bonds. The highest BCUT2D eigenvalue weighted by Crippen LogP contribution is 2.42. The fourth-order valence-electron chi connectivity index (χ4n) is 3.31. The Kier molecular flexibility index (Phi) is 4.15. The van der Waals surface area contributed by atoms with Gasteiger partial charge in [-0.1, -0.05) is 24.6 Å². The number of ether oxygens (including phenoxy) is 1. The molecule has 21 heavy (non-hydrogen) atoms. The molecule has 114 valence electrons. The molecule has 1 aromatic carbocycles. The van der Waals surface area contributed by atoms with Crippen molar-refractivity contribution in [3.63, 3.8) is 0 Å². The van der Waals surface area contributed by atoms with Crippen LogP contribution in [0, 0.1) is 5.41 Å². The molecule has 2 aliphatic rings. The molecule has 0 unspecified atom stereocenters. The number of hydrogen-bond donors (Lipinski definition) is 1. The summed E-state index contributed by atoms with van der Waals surface area (Å²) in [6.07, 6.45) is 5.08. The van der Waals surface area contributed by atoms with E-state index in [9.17, 15) is 4.79 Å². The highest BCUT2D eigenvalue weighted by molar-refractivity contribution is 5.84. The second-order valence-corrected chi connectivity index (χ2v) is 6.26. The van der Waals surface area contributed by atoms with Crippen LogP contribution in [0.2, 0.25) is 0 Å². The molecule has 0 bridgehead atoms. The maximum absolute atomic E-state index is 12.6. The van der Waals surface area contributed by atoms with Crippen molar-refractivity contribution in [1.29, 1.82) is 0 Å². The third kappa shape index (κ3) is 2.91. The van der Waals surface area contributed by atoms with Gasteiger partial charge in [0.15, 0.2) is 0 Å². The summed E-state index contributed by atoms with van der Waals surface area (Å²) in [4.78, 5) is 14.6. The highest BCUT2D eigenvalue weighted by atomic mass is 16.5. The lowest BCUT2D eigenvalue weighted by Gasteiger charge is -2.44. The molecule has 2 fully saturated rings. The van der Waals surface area contributed by atoms with Crippen molar-refractivity contribution >= 4 is 5.91 Å². The number of carbonyl (C=O) groups is 1. The van der Waals surface area contributed by atoms with Gasteiger partial charge in [0.25, 0.3) is 0 Å². The van der Waals surface area contributed by atoms with E-state index in [2.05, 4.69) is 0 Å². The van der Waals surface area contributed by atoms with Crippen molar-refractivity contribution in [3.05, 3.63) is 30.3 Å². The molecule has 0 aromatic heterocycles. The molecule has 1 heterocycles. The first-order valence-corrected chi connectivity index (χ1v) is 7.95. The van der Waals surface area contributed by atoms with E-state index in [0.717, 1.165) is 50.9 Å². The van der Waals surface area contributed by atoms with Crippen molar-refractivity contribution in [1.82, 2.24) is 4.90 Å². The molecule has 0 atom stereocenters. The predicted octanol–water partition coefficient (Wildman–Crippen LogP) is 2.19. The van der Waals surface area contributed by atoms with Crippen LogP contribution in [0.4, 0.5) is 0 Å². The van der Waals surface area contributed by atoms with E-state index in [1.165, 1.54) is 0 Å². The van der Waals surface area contributed by atoms with Gasteiger partial charge >= 0.3 is 0 Å². The molecule has 1 saturated carbocycles. The minimum absolute atomic E-state index is 0.215. The van der Waals surface area contributed by atoms with Gasteiger partial charge in [0.1, 0.15) is 11.9 Å². The molecule has 1 aliphatic carbocycles. The Hall–Kier alpha value is -1.55. The van der Waals surface area contributed by atoms with Gasteiger partial charge in [0.2, 0.25) is 5.91 Å². The molecule has 3 rings (SSSR count). The summed E-state index contributed by atoms with van der Waals surface area (Å²) < 4.78 is 5.97. The molecule has 1 saturated heterocycles. The van der Waals surface area contributed by atoms with Crippen LogP contribution in [-0.2, 0) is 4.79 Å². The topological polar surface area (TPSA) is 55.6 Å². The van der Waals surface area contributed by atoms with E-state index in [1.54, 1.807) is 0 Å². The van der Waals surface area contributed by atoms with Gasteiger partial charge in [-0.25, -0.2) is 0 Å². The minimum Gasteiger partial charge on any atom is -0.490 e. The van der Waals surface area contributed by atoms with Crippen LogP contribution in [0.5, 0.6) is 5.75 Å². The van der Waals surface area contributed by atoms with Gasteiger partial charge in [-0.05, 0) is 25.0 Å². The molecular formula is C17H24N2O2. The smallest absolute Gasteiger partial charge is 0.230 e. The number of hydrogen-bond acceptors (Lipinski definition) is 3. The fourth-order valence-corrected chi connectivity index (χ4v) is 3.31. The lowest BCUT2D eigenvalue weighted by atomic mass is 9.67. The Labute approximate surface area is 126 Å². The third-order valence-electron chi connectivity index (χ3n) is 4.93. The number of benzene rings is 1. The van der Waals surface area contributed by atoms with Crippen molar-refractivity contribution in [2.45, 2.75) is 38.2 Å². The van der Waals surface area contributed by atoms with E-state index >= 15 is 0 Å². The number of piperidine rings is 1. The van der Waals surface area contributed by atoms with Crippen LogP contribution in [0.25, 0.3) is 0 Å².